The van der Waals surface area contributed by atoms with Gasteiger partial charge in [0.15, 0.2) is 0 Å². The molecular weight excluding hydrogens is 152 g/mol. The molecule has 0 aromatic rings. The summed E-state index contributed by atoms with van der Waals surface area (Å²) in [5.74, 6) is 0. The van der Waals surface area contributed by atoms with Gasteiger partial charge in [0, 0.05) is 13.1 Å². The average Bonchev–Trinajstić information content (AvgIpc) is 2.12. The molecule has 0 aliphatic heterocycles. The molecule has 0 radical (unpaired) electrons. The molecule has 0 unspecified atom stereocenters. The Morgan fingerprint density at radius 2 is 1.75 bits per heavy atom. The first-order valence-corrected chi connectivity index (χ1v) is 4.58. The van der Waals surface area contributed by atoms with Crippen LogP contribution in [0.2, 0.25) is 0 Å². The molecule has 0 saturated carbocycles. The molecule has 0 aliphatic carbocycles. The van der Waals surface area contributed by atoms with Gasteiger partial charge in [0.2, 0.25) is 0 Å². The van der Waals surface area contributed by atoms with Gasteiger partial charge in [-0.2, -0.15) is 0 Å². The Morgan fingerprint density at radius 3 is 1.92 bits per heavy atom. The summed E-state index contributed by atoms with van der Waals surface area (Å²) in [7, 11) is 1.93. The van der Waals surface area contributed by atoms with Gasteiger partial charge < -0.3 is 22.1 Å². The highest BCUT2D eigenvalue weighted by atomic mass is 14.9. The van der Waals surface area contributed by atoms with Gasteiger partial charge in [0.1, 0.15) is 0 Å². The maximum Gasteiger partial charge on any atom is 0.00743 e. The summed E-state index contributed by atoms with van der Waals surface area (Å²) in [6.45, 7) is 6.61. The maximum atomic E-state index is 5.17. The van der Waals surface area contributed by atoms with Crippen LogP contribution in [0.3, 0.4) is 0 Å². The summed E-state index contributed by atoms with van der Waals surface area (Å²) in [6, 6.07) is 0. The van der Waals surface area contributed by atoms with Gasteiger partial charge in [-0.3, -0.25) is 0 Å². The smallest absolute Gasteiger partial charge is 0.00743 e. The lowest BCUT2D eigenvalue weighted by Crippen LogP contribution is -2.21. The van der Waals surface area contributed by atoms with Crippen LogP contribution in [-0.2, 0) is 0 Å². The number of nitrogens with two attached hydrogens (primary N) is 2. The summed E-state index contributed by atoms with van der Waals surface area (Å²) < 4.78 is 0. The maximum absolute atomic E-state index is 5.17. The van der Waals surface area contributed by atoms with E-state index in [9.17, 15) is 0 Å². The normalized spacial score (nSPS) is 9.00. The van der Waals surface area contributed by atoms with Crippen molar-refractivity contribution in [1.82, 2.24) is 10.6 Å². The number of hydrogen-bond donors (Lipinski definition) is 4. The fraction of sp³-hybridized carbons (Fsp3) is 1.00. The molecule has 0 heterocycles. The first-order chi connectivity index (χ1) is 5.83. The molecule has 0 rings (SSSR count). The van der Waals surface area contributed by atoms with Crippen LogP contribution >= 0.6 is 0 Å². The zero-order chi connectivity index (χ0) is 9.66. The van der Waals surface area contributed by atoms with Crippen LogP contribution in [-0.4, -0.2) is 39.8 Å². The van der Waals surface area contributed by atoms with Crippen molar-refractivity contribution in [3.05, 3.63) is 0 Å². The summed E-state index contributed by atoms with van der Waals surface area (Å²) in [6.07, 6.45) is 1.08. The summed E-state index contributed by atoms with van der Waals surface area (Å²) in [5, 5.41) is 6.06. The van der Waals surface area contributed by atoms with Crippen molar-refractivity contribution in [2.24, 2.45) is 11.5 Å². The molecule has 6 N–H and O–H groups in total. The second-order valence-electron chi connectivity index (χ2n) is 2.39. The van der Waals surface area contributed by atoms with Gasteiger partial charge in [-0.05, 0) is 33.1 Å². The van der Waals surface area contributed by atoms with Gasteiger partial charge in [-0.1, -0.05) is 6.92 Å². The van der Waals surface area contributed by atoms with Crippen LogP contribution in [0, 0.1) is 0 Å². The number of hydrogen-bond acceptors (Lipinski definition) is 4. The minimum absolute atomic E-state index is 0.744. The van der Waals surface area contributed by atoms with Crippen LogP contribution in [0.4, 0.5) is 0 Å². The fourth-order valence-corrected chi connectivity index (χ4v) is 0.558. The molecular formula is C8H24N4. The van der Waals surface area contributed by atoms with E-state index in [0.717, 1.165) is 39.1 Å². The second-order valence-corrected chi connectivity index (χ2v) is 2.39. The zero-order valence-corrected chi connectivity index (χ0v) is 8.40. The summed E-state index contributed by atoms with van der Waals surface area (Å²) >= 11 is 0. The number of nitrogens with one attached hydrogen (secondary N) is 2. The van der Waals surface area contributed by atoms with Crippen LogP contribution in [0.15, 0.2) is 0 Å². The van der Waals surface area contributed by atoms with Gasteiger partial charge >= 0.3 is 0 Å². The molecule has 12 heavy (non-hydrogen) atoms. The Morgan fingerprint density at radius 1 is 1.08 bits per heavy atom. The molecule has 4 nitrogen and oxygen atoms in total. The molecule has 0 saturated heterocycles. The molecule has 0 aromatic carbocycles. The Bertz CT molecular complexity index is 43.0. The third kappa shape index (κ3) is 22.5. The predicted octanol–water partition coefficient (Wildman–Crippen LogP) is -0.891. The van der Waals surface area contributed by atoms with Crippen molar-refractivity contribution in [2.75, 3.05) is 39.8 Å². The van der Waals surface area contributed by atoms with E-state index in [1.807, 2.05) is 7.05 Å². The average molecular weight is 176 g/mol. The topological polar surface area (TPSA) is 76.1 Å². The van der Waals surface area contributed by atoms with E-state index in [2.05, 4.69) is 17.6 Å². The summed E-state index contributed by atoms with van der Waals surface area (Å²) in [4.78, 5) is 0. The molecule has 0 fully saturated rings. The van der Waals surface area contributed by atoms with E-state index in [-0.39, 0.29) is 0 Å². The van der Waals surface area contributed by atoms with Crippen LogP contribution in [0.1, 0.15) is 13.3 Å². The highest BCUT2D eigenvalue weighted by Crippen LogP contribution is 1.63. The van der Waals surface area contributed by atoms with Crippen LogP contribution in [0.25, 0.3) is 0 Å². The Kier molecular flexibility index (Phi) is 20.4. The summed E-state index contributed by atoms with van der Waals surface area (Å²) in [5.41, 5.74) is 10.3. The first-order valence-electron chi connectivity index (χ1n) is 4.58. The van der Waals surface area contributed by atoms with E-state index in [0.29, 0.717) is 0 Å². The lowest BCUT2D eigenvalue weighted by atomic mass is 10.4. The van der Waals surface area contributed by atoms with Crippen molar-refractivity contribution >= 4 is 0 Å². The quantitative estimate of drug-likeness (QED) is 0.396. The minimum Gasteiger partial charge on any atom is -0.330 e. The first kappa shape index (κ1) is 14.4. The molecule has 0 spiro atoms. The van der Waals surface area contributed by atoms with Crippen molar-refractivity contribution in [3.63, 3.8) is 0 Å². The molecule has 76 valence electrons. The highest BCUT2D eigenvalue weighted by Gasteiger charge is 1.73. The largest absolute Gasteiger partial charge is 0.330 e. The lowest BCUT2D eigenvalue weighted by Gasteiger charge is -1.92. The second kappa shape index (κ2) is 17.1. The standard InChI is InChI=1S/2C4H12N2/c1-6-4-2-3-5;1-2-6-4-3-5/h2*6H,2-5H2,1H3. The molecule has 0 aliphatic rings. The molecule has 0 atom stereocenters. The fourth-order valence-electron chi connectivity index (χ4n) is 0.558. The van der Waals surface area contributed by atoms with Gasteiger partial charge in [-0.15, -0.1) is 0 Å². The third-order valence-electron chi connectivity index (χ3n) is 1.20. The Labute approximate surface area is 76.1 Å². The zero-order valence-electron chi connectivity index (χ0n) is 8.40. The monoisotopic (exact) mass is 176 g/mol. The molecule has 0 bridgehead atoms. The highest BCUT2D eigenvalue weighted by molar-refractivity contribution is 4.39. The SMILES string of the molecule is CCNCCN.CNCCCN. The van der Waals surface area contributed by atoms with E-state index in [1.165, 1.54) is 0 Å². The number of rotatable bonds is 6. The third-order valence-corrected chi connectivity index (χ3v) is 1.20. The number of likely N-dealkylation sites (N-methyl/N-ethyl adjacent to an activating group) is 1. The van der Waals surface area contributed by atoms with E-state index < -0.39 is 0 Å². The Hall–Kier alpha value is -0.160. The lowest BCUT2D eigenvalue weighted by molar-refractivity contribution is 0.725. The minimum atomic E-state index is 0.744. The van der Waals surface area contributed by atoms with Gasteiger partial charge in [0.25, 0.3) is 0 Å². The molecule has 4 heteroatoms. The van der Waals surface area contributed by atoms with Crippen molar-refractivity contribution in [3.8, 4) is 0 Å². The van der Waals surface area contributed by atoms with Crippen molar-refractivity contribution < 1.29 is 0 Å². The van der Waals surface area contributed by atoms with Crippen molar-refractivity contribution in [2.45, 2.75) is 13.3 Å². The van der Waals surface area contributed by atoms with Gasteiger partial charge in [0.05, 0.1) is 0 Å². The van der Waals surface area contributed by atoms with E-state index in [1.54, 1.807) is 0 Å². The van der Waals surface area contributed by atoms with E-state index >= 15 is 0 Å². The Balaban J connectivity index is 0. The van der Waals surface area contributed by atoms with Crippen molar-refractivity contribution in [1.29, 1.82) is 0 Å². The molecule has 0 amide bonds. The van der Waals surface area contributed by atoms with E-state index in [4.69, 9.17) is 11.5 Å². The van der Waals surface area contributed by atoms with Gasteiger partial charge in [-0.25, -0.2) is 0 Å². The predicted molar refractivity (Wildman–Crippen MR) is 55.2 cm³/mol. The van der Waals surface area contributed by atoms with Crippen LogP contribution in [0.5, 0.6) is 0 Å². The van der Waals surface area contributed by atoms with Crippen LogP contribution < -0.4 is 22.1 Å². The molecule has 0 aromatic heterocycles.